The molecule has 2 rings (SSSR count). The van der Waals surface area contributed by atoms with Crippen LogP contribution in [0.4, 0.5) is 0 Å². The van der Waals surface area contributed by atoms with Gasteiger partial charge in [0.25, 0.3) is 10.2 Å². The van der Waals surface area contributed by atoms with Gasteiger partial charge in [-0.15, -0.1) is 0 Å². The minimum Gasteiger partial charge on any atom is -0.383 e. The van der Waals surface area contributed by atoms with Gasteiger partial charge < -0.3 is 4.74 Å². The van der Waals surface area contributed by atoms with Gasteiger partial charge in [-0.2, -0.15) is 28.8 Å². The van der Waals surface area contributed by atoms with Crippen LogP contribution in [0.5, 0.6) is 0 Å². The molecule has 118 valence electrons. The lowest BCUT2D eigenvalue weighted by Crippen LogP contribution is -2.53. The smallest absolute Gasteiger partial charge is 0.282 e. The molecule has 0 bridgehead atoms. The first-order valence-electron chi connectivity index (χ1n) is 7.42. The molecular weight excluding hydrogens is 296 g/mol. The van der Waals surface area contributed by atoms with Crippen LogP contribution in [0.3, 0.4) is 0 Å². The zero-order valence-corrected chi connectivity index (χ0v) is 14.1. The van der Waals surface area contributed by atoms with Gasteiger partial charge in [-0.3, -0.25) is 0 Å². The fourth-order valence-corrected chi connectivity index (χ4v) is 6.34. The maximum atomic E-state index is 13.0. The van der Waals surface area contributed by atoms with Crippen molar-refractivity contribution in [3.63, 3.8) is 0 Å². The Morgan fingerprint density at radius 3 is 2.75 bits per heavy atom. The molecule has 2 heterocycles. The van der Waals surface area contributed by atoms with Gasteiger partial charge in [0.1, 0.15) is 0 Å². The number of piperidine rings is 1. The first kappa shape index (κ1) is 16.5. The normalized spacial score (nSPS) is 29.1. The Hall–Kier alpha value is 0.180. The van der Waals surface area contributed by atoms with E-state index in [-0.39, 0.29) is 12.1 Å². The average Bonchev–Trinajstić information content (AvgIpc) is 2.93. The predicted molar refractivity (Wildman–Crippen MR) is 83.3 cm³/mol. The van der Waals surface area contributed by atoms with Gasteiger partial charge in [0.05, 0.1) is 6.61 Å². The molecule has 0 radical (unpaired) electrons. The lowest BCUT2D eigenvalue weighted by molar-refractivity contribution is 0.159. The van der Waals surface area contributed by atoms with Crippen molar-refractivity contribution in [2.45, 2.75) is 44.7 Å². The van der Waals surface area contributed by atoms with Gasteiger partial charge in [0.2, 0.25) is 0 Å². The van der Waals surface area contributed by atoms with Crippen LogP contribution in [0, 0.1) is 0 Å². The van der Waals surface area contributed by atoms with Crippen LogP contribution in [0.15, 0.2) is 0 Å². The van der Waals surface area contributed by atoms with Gasteiger partial charge >= 0.3 is 0 Å². The molecule has 2 aliphatic heterocycles. The zero-order valence-electron chi connectivity index (χ0n) is 12.5. The van der Waals surface area contributed by atoms with Gasteiger partial charge in [-0.1, -0.05) is 6.42 Å². The van der Waals surface area contributed by atoms with Crippen molar-refractivity contribution in [2.75, 3.05) is 38.3 Å². The van der Waals surface area contributed by atoms with E-state index in [0.717, 1.165) is 37.2 Å². The van der Waals surface area contributed by atoms with Crippen molar-refractivity contribution in [1.82, 2.24) is 8.61 Å². The molecule has 0 unspecified atom stereocenters. The lowest BCUT2D eigenvalue weighted by Gasteiger charge is -2.38. The van der Waals surface area contributed by atoms with Crippen LogP contribution >= 0.6 is 11.8 Å². The first-order chi connectivity index (χ1) is 9.57. The number of rotatable bonds is 6. The fraction of sp³-hybridized carbons (Fsp3) is 1.00. The number of hydrogen-bond donors (Lipinski definition) is 0. The highest BCUT2D eigenvalue weighted by Gasteiger charge is 2.38. The van der Waals surface area contributed by atoms with E-state index in [0.29, 0.717) is 19.7 Å². The SMILES string of the molecule is COCCN([C@@H]1CCSC1)S(=O)(=O)N1CCCC[C@H]1C. The number of ether oxygens (including phenoxy) is 1. The fourth-order valence-electron chi connectivity index (χ4n) is 2.97. The molecule has 5 nitrogen and oxygen atoms in total. The van der Waals surface area contributed by atoms with Gasteiger partial charge in [-0.05, 0) is 31.9 Å². The Morgan fingerprint density at radius 2 is 2.15 bits per heavy atom. The van der Waals surface area contributed by atoms with Crippen LogP contribution < -0.4 is 0 Å². The maximum absolute atomic E-state index is 13.0. The van der Waals surface area contributed by atoms with Gasteiger partial charge in [0, 0.05) is 38.0 Å². The Labute approximate surface area is 127 Å². The topological polar surface area (TPSA) is 49.9 Å². The molecule has 0 saturated carbocycles. The minimum atomic E-state index is -3.36. The lowest BCUT2D eigenvalue weighted by atomic mass is 10.1. The zero-order chi connectivity index (χ0) is 14.6. The van der Waals surface area contributed by atoms with Crippen molar-refractivity contribution < 1.29 is 13.2 Å². The largest absolute Gasteiger partial charge is 0.383 e. The van der Waals surface area contributed by atoms with E-state index in [1.807, 2.05) is 18.7 Å². The highest BCUT2D eigenvalue weighted by atomic mass is 32.2. The predicted octanol–water partition coefficient (Wildman–Crippen LogP) is 1.56. The standard InChI is InChI=1S/C13H26N2O3S2/c1-12-5-3-4-7-14(12)20(16,17)15(8-9-18-2)13-6-10-19-11-13/h12-13H,3-11H2,1-2H3/t12-,13-/m1/s1. The van der Waals surface area contributed by atoms with Crippen LogP contribution in [0.1, 0.15) is 32.6 Å². The number of thioether (sulfide) groups is 1. The third kappa shape index (κ3) is 3.68. The molecule has 0 aromatic carbocycles. The number of methoxy groups -OCH3 is 1. The molecule has 2 saturated heterocycles. The van der Waals surface area contributed by atoms with Crippen LogP contribution in [0.2, 0.25) is 0 Å². The van der Waals surface area contributed by atoms with Gasteiger partial charge in [-0.25, -0.2) is 0 Å². The third-order valence-electron chi connectivity index (χ3n) is 4.16. The molecule has 0 amide bonds. The summed E-state index contributed by atoms with van der Waals surface area (Å²) in [4.78, 5) is 0. The van der Waals surface area contributed by atoms with E-state index in [1.165, 1.54) is 0 Å². The van der Waals surface area contributed by atoms with E-state index in [4.69, 9.17) is 4.74 Å². The van der Waals surface area contributed by atoms with Crippen LogP contribution in [0.25, 0.3) is 0 Å². The summed E-state index contributed by atoms with van der Waals surface area (Å²) < 4.78 is 34.5. The van der Waals surface area contributed by atoms with Crippen molar-refractivity contribution in [3.8, 4) is 0 Å². The van der Waals surface area contributed by atoms with E-state index >= 15 is 0 Å². The van der Waals surface area contributed by atoms with Crippen molar-refractivity contribution in [3.05, 3.63) is 0 Å². The summed E-state index contributed by atoms with van der Waals surface area (Å²) in [6.07, 6.45) is 4.03. The summed E-state index contributed by atoms with van der Waals surface area (Å²) in [5.74, 6) is 1.96. The molecule has 0 aromatic rings. The quantitative estimate of drug-likeness (QED) is 0.745. The first-order valence-corrected chi connectivity index (χ1v) is 9.98. The Balaban J connectivity index is 2.15. The number of nitrogens with zero attached hydrogens (tertiary/aromatic N) is 2. The molecule has 0 N–H and O–H groups in total. The second kappa shape index (κ2) is 7.45. The molecule has 2 fully saturated rings. The summed E-state index contributed by atoms with van der Waals surface area (Å²) in [7, 11) is -1.73. The third-order valence-corrected chi connectivity index (χ3v) is 7.52. The summed E-state index contributed by atoms with van der Waals surface area (Å²) in [5.41, 5.74) is 0. The van der Waals surface area contributed by atoms with Crippen LogP contribution in [-0.4, -0.2) is 67.4 Å². The molecule has 0 spiro atoms. The summed E-state index contributed by atoms with van der Waals surface area (Å²) in [5, 5.41) is 0. The van der Waals surface area contributed by atoms with Crippen LogP contribution in [-0.2, 0) is 14.9 Å². The van der Waals surface area contributed by atoms with Gasteiger partial charge in [0.15, 0.2) is 0 Å². The van der Waals surface area contributed by atoms with E-state index in [2.05, 4.69) is 0 Å². The highest BCUT2D eigenvalue weighted by molar-refractivity contribution is 7.99. The maximum Gasteiger partial charge on any atom is 0.282 e. The molecular formula is C13H26N2O3S2. The summed E-state index contributed by atoms with van der Waals surface area (Å²) >= 11 is 1.84. The summed E-state index contributed by atoms with van der Waals surface area (Å²) in [6, 6.07) is 0.252. The molecule has 0 aromatic heterocycles. The highest BCUT2D eigenvalue weighted by Crippen LogP contribution is 2.28. The monoisotopic (exact) mass is 322 g/mol. The van der Waals surface area contributed by atoms with E-state index < -0.39 is 10.2 Å². The molecule has 2 atom stereocenters. The van der Waals surface area contributed by atoms with E-state index in [9.17, 15) is 8.42 Å². The van der Waals surface area contributed by atoms with E-state index in [1.54, 1.807) is 15.7 Å². The Bertz CT molecular complexity index is 396. The second-order valence-corrected chi connectivity index (χ2v) is 8.57. The van der Waals surface area contributed by atoms with Crippen molar-refractivity contribution in [2.24, 2.45) is 0 Å². The molecule has 7 heteroatoms. The average molecular weight is 322 g/mol. The Kier molecular flexibility index (Phi) is 6.16. The molecule has 2 aliphatic rings. The minimum absolute atomic E-state index is 0.118. The number of hydrogen-bond acceptors (Lipinski definition) is 4. The molecule has 20 heavy (non-hydrogen) atoms. The van der Waals surface area contributed by atoms with Crippen molar-refractivity contribution >= 4 is 22.0 Å². The van der Waals surface area contributed by atoms with Crippen molar-refractivity contribution in [1.29, 1.82) is 0 Å². The molecule has 0 aliphatic carbocycles. The second-order valence-electron chi connectivity index (χ2n) is 5.58. The summed E-state index contributed by atoms with van der Waals surface area (Å²) in [6.45, 7) is 3.61. The Morgan fingerprint density at radius 1 is 1.35 bits per heavy atom.